The molecule has 1 fully saturated rings. The predicted molar refractivity (Wildman–Crippen MR) is 136 cm³/mol. The highest BCUT2D eigenvalue weighted by atomic mass is 19.3. The molecule has 1 N–H and O–H groups in total. The average molecular weight is 485 g/mol. The molecule has 1 atom stereocenters. The Bertz CT molecular complexity index is 1190. The van der Waals surface area contributed by atoms with Gasteiger partial charge in [-0.15, -0.1) is 0 Å². The largest absolute Gasteiger partial charge is 0.479 e. The van der Waals surface area contributed by atoms with Crippen LogP contribution in [0.5, 0.6) is 5.88 Å². The Kier molecular flexibility index (Phi) is 7.07. The second-order valence-corrected chi connectivity index (χ2v) is 9.50. The number of benzene rings is 1. The van der Waals surface area contributed by atoms with Gasteiger partial charge in [0.15, 0.2) is 5.65 Å². The molecule has 1 aliphatic rings. The van der Waals surface area contributed by atoms with Crippen molar-refractivity contribution in [3.8, 4) is 5.88 Å². The maximum absolute atomic E-state index is 14.1. The van der Waals surface area contributed by atoms with E-state index in [1.54, 1.807) is 20.1 Å². The first-order valence-corrected chi connectivity index (χ1v) is 12.0. The molecule has 0 spiro atoms. The molecule has 1 aliphatic heterocycles. The highest BCUT2D eigenvalue weighted by molar-refractivity contribution is 5.90. The van der Waals surface area contributed by atoms with Gasteiger partial charge in [0.25, 0.3) is 5.92 Å². The van der Waals surface area contributed by atoms with Crippen molar-refractivity contribution < 1.29 is 13.5 Å². The Morgan fingerprint density at radius 2 is 1.80 bits per heavy atom. The van der Waals surface area contributed by atoms with Crippen LogP contribution in [0.15, 0.2) is 30.6 Å². The number of aromatic nitrogens is 3. The van der Waals surface area contributed by atoms with Crippen LogP contribution in [0.2, 0.25) is 0 Å². The summed E-state index contributed by atoms with van der Waals surface area (Å²) >= 11 is 0. The van der Waals surface area contributed by atoms with Gasteiger partial charge in [0.1, 0.15) is 17.8 Å². The number of piperazine rings is 1. The second kappa shape index (κ2) is 9.89. The van der Waals surface area contributed by atoms with Crippen LogP contribution in [-0.2, 0) is 5.92 Å². The molecule has 2 aromatic heterocycles. The van der Waals surface area contributed by atoms with E-state index >= 15 is 0 Å². The van der Waals surface area contributed by atoms with E-state index in [9.17, 15) is 8.78 Å². The SMILES string of the molecule is COc1nc2ncnc(N[C@H](C)c3cccc(C(C)(F)F)c3C)c2cc1N1CCN(C(C)C)CC1. The molecule has 4 rings (SSSR count). The topological polar surface area (TPSA) is 66.4 Å². The summed E-state index contributed by atoms with van der Waals surface area (Å²) in [5.41, 5.74) is 2.81. The molecule has 3 heterocycles. The smallest absolute Gasteiger partial charge is 0.270 e. The van der Waals surface area contributed by atoms with E-state index in [2.05, 4.69) is 43.9 Å². The number of hydrogen-bond donors (Lipinski definition) is 1. The van der Waals surface area contributed by atoms with Crippen LogP contribution in [0.3, 0.4) is 0 Å². The van der Waals surface area contributed by atoms with Crippen molar-refractivity contribution in [3.05, 3.63) is 47.3 Å². The van der Waals surface area contributed by atoms with E-state index in [0.717, 1.165) is 49.7 Å². The molecule has 7 nitrogen and oxygen atoms in total. The normalized spacial score (nSPS) is 16.1. The molecular weight excluding hydrogens is 450 g/mol. The third-order valence-electron chi connectivity index (χ3n) is 6.82. The zero-order valence-corrected chi connectivity index (χ0v) is 21.3. The number of pyridine rings is 1. The summed E-state index contributed by atoms with van der Waals surface area (Å²) in [4.78, 5) is 18.2. The summed E-state index contributed by atoms with van der Waals surface area (Å²) in [6.07, 6.45) is 1.45. The van der Waals surface area contributed by atoms with Gasteiger partial charge < -0.3 is 15.0 Å². The third kappa shape index (κ3) is 5.15. The van der Waals surface area contributed by atoms with Gasteiger partial charge in [-0.25, -0.2) is 18.7 Å². The van der Waals surface area contributed by atoms with E-state index in [1.165, 1.54) is 12.4 Å². The summed E-state index contributed by atoms with van der Waals surface area (Å²) < 4.78 is 33.8. The summed E-state index contributed by atoms with van der Waals surface area (Å²) in [7, 11) is 1.61. The first-order valence-electron chi connectivity index (χ1n) is 12.0. The van der Waals surface area contributed by atoms with E-state index < -0.39 is 5.92 Å². The highest BCUT2D eigenvalue weighted by Crippen LogP contribution is 2.36. The average Bonchev–Trinajstić information content (AvgIpc) is 2.82. The lowest BCUT2D eigenvalue weighted by Crippen LogP contribution is -2.49. The molecule has 188 valence electrons. The zero-order valence-electron chi connectivity index (χ0n) is 21.3. The number of methoxy groups -OCH3 is 1. The lowest BCUT2D eigenvalue weighted by atomic mass is 9.94. The molecule has 0 unspecified atom stereocenters. The third-order valence-corrected chi connectivity index (χ3v) is 6.82. The lowest BCUT2D eigenvalue weighted by molar-refractivity contribution is 0.0167. The Morgan fingerprint density at radius 3 is 2.43 bits per heavy atom. The fourth-order valence-electron chi connectivity index (χ4n) is 4.81. The van der Waals surface area contributed by atoms with Crippen LogP contribution < -0.4 is 15.0 Å². The Labute approximate surface area is 205 Å². The van der Waals surface area contributed by atoms with Gasteiger partial charge in [0.2, 0.25) is 5.88 Å². The molecular formula is C26H34F2N6O. The first kappa shape index (κ1) is 25.0. The Morgan fingerprint density at radius 1 is 1.09 bits per heavy atom. The molecule has 1 saturated heterocycles. The summed E-state index contributed by atoms with van der Waals surface area (Å²) in [5, 5.41) is 4.17. The lowest BCUT2D eigenvalue weighted by Gasteiger charge is -2.38. The number of ether oxygens (including phenoxy) is 1. The highest BCUT2D eigenvalue weighted by Gasteiger charge is 2.28. The Balaban J connectivity index is 1.67. The first-order chi connectivity index (χ1) is 16.6. The minimum absolute atomic E-state index is 0.0328. The van der Waals surface area contributed by atoms with E-state index in [0.29, 0.717) is 29.0 Å². The van der Waals surface area contributed by atoms with Gasteiger partial charge in [-0.2, -0.15) is 4.98 Å². The number of nitrogens with zero attached hydrogens (tertiary/aromatic N) is 5. The number of nitrogens with one attached hydrogen (secondary N) is 1. The van der Waals surface area contributed by atoms with Gasteiger partial charge >= 0.3 is 0 Å². The summed E-state index contributed by atoms with van der Waals surface area (Å²) in [5.74, 6) is -1.77. The number of hydrogen-bond acceptors (Lipinski definition) is 7. The van der Waals surface area contributed by atoms with Crippen LogP contribution >= 0.6 is 0 Å². The van der Waals surface area contributed by atoms with Crippen molar-refractivity contribution in [2.45, 2.75) is 52.6 Å². The fourth-order valence-corrected chi connectivity index (χ4v) is 4.81. The van der Waals surface area contributed by atoms with Crippen LogP contribution in [0.4, 0.5) is 20.3 Å². The molecule has 0 radical (unpaired) electrons. The van der Waals surface area contributed by atoms with Gasteiger partial charge in [0.05, 0.1) is 18.5 Å². The molecule has 3 aromatic rings. The quantitative estimate of drug-likeness (QED) is 0.497. The standard InChI is InChI=1S/C26H34F2N6O/c1-16(2)33-10-12-34(13-11-33)22-14-20-23(29-15-30-24(20)32-25(22)35-6)31-18(4)19-8-7-9-21(17(19)3)26(5,27)28/h7-9,14-16,18H,10-13H2,1-6H3,(H,29,30,31,32)/t18-/m1/s1. The molecule has 0 saturated carbocycles. The minimum Gasteiger partial charge on any atom is -0.479 e. The fraction of sp³-hybridized carbons (Fsp3) is 0.500. The van der Waals surface area contributed by atoms with Crippen molar-refractivity contribution in [1.29, 1.82) is 0 Å². The van der Waals surface area contributed by atoms with Crippen molar-refractivity contribution in [2.75, 3.05) is 43.5 Å². The monoisotopic (exact) mass is 484 g/mol. The van der Waals surface area contributed by atoms with Gasteiger partial charge in [0, 0.05) is 44.7 Å². The number of fused-ring (bicyclic) bond motifs is 1. The van der Waals surface area contributed by atoms with Gasteiger partial charge in [-0.3, -0.25) is 4.90 Å². The van der Waals surface area contributed by atoms with Crippen LogP contribution in [0.1, 0.15) is 50.4 Å². The molecule has 1 aromatic carbocycles. The second-order valence-electron chi connectivity index (χ2n) is 9.50. The van der Waals surface area contributed by atoms with Crippen molar-refractivity contribution in [2.24, 2.45) is 0 Å². The molecule has 0 aliphatic carbocycles. The maximum atomic E-state index is 14.1. The summed E-state index contributed by atoms with van der Waals surface area (Å²) in [6, 6.07) is 7.29. The summed E-state index contributed by atoms with van der Waals surface area (Å²) in [6.45, 7) is 12.7. The van der Waals surface area contributed by atoms with Gasteiger partial charge in [-0.05, 0) is 44.9 Å². The number of halogens is 2. The van der Waals surface area contributed by atoms with Crippen LogP contribution in [0.25, 0.3) is 11.0 Å². The number of anilines is 2. The Hall–Kier alpha value is -3.07. The number of rotatable bonds is 7. The number of alkyl halides is 2. The molecule has 35 heavy (non-hydrogen) atoms. The minimum atomic E-state index is -2.91. The zero-order chi connectivity index (χ0) is 25.3. The predicted octanol–water partition coefficient (Wildman–Crippen LogP) is 5.16. The van der Waals surface area contributed by atoms with Crippen molar-refractivity contribution in [3.63, 3.8) is 0 Å². The van der Waals surface area contributed by atoms with Crippen molar-refractivity contribution >= 4 is 22.5 Å². The molecule has 9 heteroatoms. The van der Waals surface area contributed by atoms with E-state index in [4.69, 9.17) is 4.74 Å². The molecule has 0 bridgehead atoms. The van der Waals surface area contributed by atoms with E-state index in [1.807, 2.05) is 19.1 Å². The van der Waals surface area contributed by atoms with Gasteiger partial charge in [-0.1, -0.05) is 18.2 Å². The maximum Gasteiger partial charge on any atom is 0.270 e. The van der Waals surface area contributed by atoms with Crippen LogP contribution in [0, 0.1) is 6.92 Å². The van der Waals surface area contributed by atoms with Crippen molar-refractivity contribution in [1.82, 2.24) is 19.9 Å². The molecule has 0 amide bonds. The van der Waals surface area contributed by atoms with Crippen LogP contribution in [-0.4, -0.2) is 59.2 Å². The van der Waals surface area contributed by atoms with E-state index in [-0.39, 0.29) is 11.6 Å².